The molecule has 6 heteroatoms. The highest BCUT2D eigenvalue weighted by Crippen LogP contribution is 2.41. The van der Waals surface area contributed by atoms with E-state index in [1.54, 1.807) is 14.2 Å². The highest BCUT2D eigenvalue weighted by molar-refractivity contribution is 6.36. The molecule has 158 valence electrons. The van der Waals surface area contributed by atoms with E-state index in [1.807, 2.05) is 24.3 Å². The van der Waals surface area contributed by atoms with Crippen molar-refractivity contribution >= 4 is 22.9 Å². The maximum Gasteiger partial charge on any atom is 0.260 e. The number of benzene rings is 2. The fourth-order valence-corrected chi connectivity index (χ4v) is 3.98. The third-order valence-electron chi connectivity index (χ3n) is 5.63. The largest absolute Gasteiger partial charge is 0.487 e. The first-order valence-electron chi connectivity index (χ1n) is 10.3. The summed E-state index contributed by atoms with van der Waals surface area (Å²) in [4.78, 5) is 14.9. The standard InChI is InChI=1S/C24H28N2O4/c1-28-13-11-26(12-14-29-2)10-9-17-7-8-19-18(15-17)16-30-23(19)22-20-5-3-4-6-21(20)25-24(22)27/h3-8,15H,9-14,16H2,1-2H3,(H,25,27)/b23-22+. The van der Waals surface area contributed by atoms with Crippen molar-refractivity contribution in [1.82, 2.24) is 4.90 Å². The Balaban J connectivity index is 1.51. The lowest BCUT2D eigenvalue weighted by atomic mass is 9.98. The Hall–Kier alpha value is -2.67. The van der Waals surface area contributed by atoms with Crippen molar-refractivity contribution in [3.63, 3.8) is 0 Å². The minimum atomic E-state index is -0.102. The summed E-state index contributed by atoms with van der Waals surface area (Å²) in [6.45, 7) is 4.63. The monoisotopic (exact) mass is 408 g/mol. The molecule has 2 aromatic carbocycles. The van der Waals surface area contributed by atoms with Crippen LogP contribution in [0.25, 0.3) is 11.3 Å². The SMILES string of the molecule is COCCN(CCOC)CCc1ccc2c(c1)CO/C2=C1/C(=O)Nc2ccccc21. The van der Waals surface area contributed by atoms with E-state index in [1.165, 1.54) is 5.56 Å². The number of fused-ring (bicyclic) bond motifs is 2. The molecule has 0 atom stereocenters. The molecule has 4 rings (SSSR count). The lowest BCUT2D eigenvalue weighted by molar-refractivity contribution is -0.110. The van der Waals surface area contributed by atoms with Crippen LogP contribution in [0.3, 0.4) is 0 Å². The normalized spacial score (nSPS) is 17.1. The molecule has 0 bridgehead atoms. The van der Waals surface area contributed by atoms with Gasteiger partial charge in [0.15, 0.2) is 0 Å². The van der Waals surface area contributed by atoms with E-state index < -0.39 is 0 Å². The maximum absolute atomic E-state index is 12.6. The smallest absolute Gasteiger partial charge is 0.260 e. The molecule has 0 aliphatic carbocycles. The van der Waals surface area contributed by atoms with Gasteiger partial charge in [0.05, 0.1) is 18.8 Å². The van der Waals surface area contributed by atoms with Crippen LogP contribution in [-0.2, 0) is 32.0 Å². The molecule has 0 radical (unpaired) electrons. The third-order valence-corrected chi connectivity index (χ3v) is 5.63. The molecule has 2 aromatic rings. The van der Waals surface area contributed by atoms with Crippen LogP contribution in [-0.4, -0.2) is 57.9 Å². The van der Waals surface area contributed by atoms with Gasteiger partial charge in [-0.1, -0.05) is 36.4 Å². The van der Waals surface area contributed by atoms with Crippen LogP contribution in [0.1, 0.15) is 22.3 Å². The van der Waals surface area contributed by atoms with Gasteiger partial charge in [-0.25, -0.2) is 0 Å². The van der Waals surface area contributed by atoms with Gasteiger partial charge in [-0.3, -0.25) is 9.69 Å². The summed E-state index contributed by atoms with van der Waals surface area (Å²) in [7, 11) is 3.45. The molecule has 2 heterocycles. The number of rotatable bonds is 9. The molecule has 0 spiro atoms. The topological polar surface area (TPSA) is 60.0 Å². The molecular weight excluding hydrogens is 380 g/mol. The summed E-state index contributed by atoms with van der Waals surface area (Å²) in [5, 5.41) is 2.93. The summed E-state index contributed by atoms with van der Waals surface area (Å²) < 4.78 is 16.4. The number of nitrogens with zero attached hydrogens (tertiary/aromatic N) is 1. The average molecular weight is 408 g/mol. The number of anilines is 1. The molecule has 1 amide bonds. The first-order valence-corrected chi connectivity index (χ1v) is 10.3. The van der Waals surface area contributed by atoms with Crippen molar-refractivity contribution in [2.75, 3.05) is 52.4 Å². The molecule has 6 nitrogen and oxygen atoms in total. The van der Waals surface area contributed by atoms with Crippen LogP contribution in [0, 0.1) is 0 Å². The number of carbonyl (C=O) groups is 1. The van der Waals surface area contributed by atoms with E-state index in [9.17, 15) is 4.79 Å². The molecule has 30 heavy (non-hydrogen) atoms. The Bertz CT molecular complexity index is 946. The lowest BCUT2D eigenvalue weighted by Crippen LogP contribution is -2.32. The van der Waals surface area contributed by atoms with Gasteiger partial charge in [0.2, 0.25) is 0 Å². The fraction of sp³-hybridized carbons (Fsp3) is 0.375. The average Bonchev–Trinajstić information content (AvgIpc) is 3.32. The molecule has 2 aliphatic heterocycles. The van der Waals surface area contributed by atoms with Crippen LogP contribution in [0.5, 0.6) is 0 Å². The second-order valence-electron chi connectivity index (χ2n) is 7.56. The zero-order valence-electron chi connectivity index (χ0n) is 17.6. The van der Waals surface area contributed by atoms with Crippen molar-refractivity contribution < 1.29 is 19.0 Å². The van der Waals surface area contributed by atoms with Crippen molar-refractivity contribution in [3.8, 4) is 0 Å². The predicted octanol–water partition coefficient (Wildman–Crippen LogP) is 3.17. The van der Waals surface area contributed by atoms with E-state index in [0.29, 0.717) is 31.2 Å². The maximum atomic E-state index is 12.6. The first-order chi connectivity index (χ1) is 14.7. The van der Waals surface area contributed by atoms with Crippen molar-refractivity contribution in [3.05, 3.63) is 64.7 Å². The minimum Gasteiger partial charge on any atom is -0.487 e. The van der Waals surface area contributed by atoms with Gasteiger partial charge in [0, 0.05) is 56.2 Å². The van der Waals surface area contributed by atoms with Gasteiger partial charge in [-0.15, -0.1) is 0 Å². The molecule has 0 saturated carbocycles. The number of para-hydroxylation sites is 1. The summed E-state index contributed by atoms with van der Waals surface area (Å²) in [6, 6.07) is 14.2. The van der Waals surface area contributed by atoms with Gasteiger partial charge < -0.3 is 19.5 Å². The Morgan fingerprint density at radius 2 is 1.77 bits per heavy atom. The van der Waals surface area contributed by atoms with E-state index in [4.69, 9.17) is 14.2 Å². The van der Waals surface area contributed by atoms with Crippen molar-refractivity contribution in [2.24, 2.45) is 0 Å². The third kappa shape index (κ3) is 4.26. The van der Waals surface area contributed by atoms with Gasteiger partial charge in [-0.2, -0.15) is 0 Å². The molecule has 0 aromatic heterocycles. The Morgan fingerprint density at radius 3 is 2.53 bits per heavy atom. The molecule has 0 saturated heterocycles. The van der Waals surface area contributed by atoms with Crippen LogP contribution >= 0.6 is 0 Å². The van der Waals surface area contributed by atoms with E-state index in [0.717, 1.165) is 48.4 Å². The number of ether oxygens (including phenoxy) is 3. The predicted molar refractivity (Wildman–Crippen MR) is 117 cm³/mol. The molecule has 0 fully saturated rings. The molecule has 0 unspecified atom stereocenters. The zero-order valence-corrected chi connectivity index (χ0v) is 17.6. The number of hydrogen-bond acceptors (Lipinski definition) is 5. The highest BCUT2D eigenvalue weighted by atomic mass is 16.5. The van der Waals surface area contributed by atoms with E-state index in [2.05, 4.69) is 28.4 Å². The van der Waals surface area contributed by atoms with Crippen molar-refractivity contribution in [1.29, 1.82) is 0 Å². The molecule has 2 aliphatic rings. The first kappa shape index (κ1) is 20.6. The van der Waals surface area contributed by atoms with Gasteiger partial charge in [0.1, 0.15) is 12.4 Å². The summed E-state index contributed by atoms with van der Waals surface area (Å²) in [5.74, 6) is 0.580. The van der Waals surface area contributed by atoms with Crippen LogP contribution in [0.2, 0.25) is 0 Å². The highest BCUT2D eigenvalue weighted by Gasteiger charge is 2.32. The Morgan fingerprint density at radius 1 is 1.00 bits per heavy atom. The second-order valence-corrected chi connectivity index (χ2v) is 7.56. The number of nitrogens with one attached hydrogen (secondary N) is 1. The fourth-order valence-electron chi connectivity index (χ4n) is 3.98. The second kappa shape index (κ2) is 9.43. The number of carbonyl (C=O) groups excluding carboxylic acids is 1. The minimum absolute atomic E-state index is 0.102. The Kier molecular flexibility index (Phi) is 6.47. The zero-order chi connectivity index (χ0) is 20.9. The quantitative estimate of drug-likeness (QED) is 0.646. The van der Waals surface area contributed by atoms with Crippen molar-refractivity contribution in [2.45, 2.75) is 13.0 Å². The summed E-state index contributed by atoms with van der Waals surface area (Å²) in [5.41, 5.74) is 5.78. The lowest BCUT2D eigenvalue weighted by Gasteiger charge is -2.21. The number of methoxy groups -OCH3 is 2. The van der Waals surface area contributed by atoms with E-state index >= 15 is 0 Å². The van der Waals surface area contributed by atoms with Gasteiger partial charge in [-0.05, 0) is 18.1 Å². The van der Waals surface area contributed by atoms with Crippen LogP contribution in [0.15, 0.2) is 42.5 Å². The molecule has 1 N–H and O–H groups in total. The summed E-state index contributed by atoms with van der Waals surface area (Å²) in [6.07, 6.45) is 0.940. The van der Waals surface area contributed by atoms with Gasteiger partial charge >= 0.3 is 0 Å². The molecular formula is C24H28N2O4. The van der Waals surface area contributed by atoms with Crippen LogP contribution in [0.4, 0.5) is 5.69 Å². The van der Waals surface area contributed by atoms with Gasteiger partial charge in [0.25, 0.3) is 5.91 Å². The number of amides is 1. The summed E-state index contributed by atoms with van der Waals surface area (Å²) >= 11 is 0. The van der Waals surface area contributed by atoms with Crippen LogP contribution < -0.4 is 5.32 Å². The van der Waals surface area contributed by atoms with E-state index in [-0.39, 0.29) is 5.91 Å². The Labute approximate surface area is 177 Å². The number of hydrogen-bond donors (Lipinski definition) is 1.